The highest BCUT2D eigenvalue weighted by Gasteiger charge is 2.04. The molecule has 0 heterocycles. The first-order valence-corrected chi connectivity index (χ1v) is 15.2. The molecule has 5 heteroatoms. The van der Waals surface area contributed by atoms with Gasteiger partial charge in [-0.05, 0) is 0 Å². The molecule has 0 rings (SSSR count). The van der Waals surface area contributed by atoms with Gasteiger partial charge in [-0.25, -0.2) is 0 Å². The smallest absolute Gasteiger partial charge is 0.0995 e. The van der Waals surface area contributed by atoms with Crippen molar-refractivity contribution in [2.75, 3.05) is 0 Å². The molecule has 0 bridgehead atoms. The van der Waals surface area contributed by atoms with Gasteiger partial charge in [-0.15, -0.1) is 0 Å². The minimum absolute atomic E-state index is 0.722. The maximum absolute atomic E-state index is 5.85. The van der Waals surface area contributed by atoms with Crippen molar-refractivity contribution in [2.45, 2.75) is 0 Å². The van der Waals surface area contributed by atoms with Gasteiger partial charge in [0.05, 0.1) is 5.94 Å². The van der Waals surface area contributed by atoms with Gasteiger partial charge < -0.3 is 0 Å². The minimum atomic E-state index is -0.722. The third-order valence-corrected chi connectivity index (χ3v) is 0. The second-order valence-corrected chi connectivity index (χ2v) is 55.8. The predicted octanol–water partition coefficient (Wildman–Crippen LogP) is -3.24. The summed E-state index contributed by atoms with van der Waals surface area (Å²) in [6.45, 7) is 0. The summed E-state index contributed by atoms with van der Waals surface area (Å²) in [5.41, 5.74) is 0. The lowest BCUT2D eigenvalue weighted by molar-refractivity contribution is 3.77. The first kappa shape index (κ1) is 6.16. The molecule has 0 saturated heterocycles. The van der Waals surface area contributed by atoms with Crippen LogP contribution < -0.4 is 0 Å². The molecule has 0 amide bonds. The zero-order valence-electron chi connectivity index (χ0n) is 3.88. The molecular formula is H9ClSi4. The number of halogens is 1. The van der Waals surface area contributed by atoms with E-state index in [1.54, 1.807) is 0 Å². The first-order chi connectivity index (χ1) is 2.00. The third kappa shape index (κ3) is 38.4. The van der Waals surface area contributed by atoms with E-state index in [1.807, 2.05) is 0 Å². The standard InChI is InChI=1S/ClH9Si4/c1-5(2,3)4/h2-4H3. The topological polar surface area (TPSA) is 0 Å². The van der Waals surface area contributed by atoms with Crippen molar-refractivity contribution in [3.8, 4) is 0 Å². The fourth-order valence-electron chi connectivity index (χ4n) is 0. The lowest BCUT2D eigenvalue weighted by atomic mass is 26.3. The fraction of sp³-hybridized carbons (Fsp3) is 0. The van der Waals surface area contributed by atoms with Crippen LogP contribution in [0.5, 0.6) is 0 Å². The molecule has 0 aliphatic heterocycles. The van der Waals surface area contributed by atoms with E-state index in [0.717, 1.165) is 0 Å². The van der Waals surface area contributed by atoms with Gasteiger partial charge in [-0.1, -0.05) is 0 Å². The molecule has 0 radical (unpaired) electrons. The Kier molecular flexibility index (Phi) is 2.14. The van der Waals surface area contributed by atoms with Crippen molar-refractivity contribution in [1.29, 1.82) is 0 Å². The summed E-state index contributed by atoms with van der Waals surface area (Å²) < 4.78 is 0. The molecule has 0 aromatic carbocycles. The van der Waals surface area contributed by atoms with Gasteiger partial charge in [0.1, 0.15) is 0 Å². The van der Waals surface area contributed by atoms with Gasteiger partial charge in [0, 0.05) is 29.3 Å². The Morgan fingerprint density at radius 2 is 1.20 bits per heavy atom. The minimum Gasteiger partial charge on any atom is -0.180 e. The van der Waals surface area contributed by atoms with Crippen molar-refractivity contribution >= 4 is 46.3 Å². The summed E-state index contributed by atoms with van der Waals surface area (Å²) in [6, 6.07) is 0. The highest BCUT2D eigenvalue weighted by Crippen LogP contribution is 1.84. The predicted molar refractivity (Wildman–Crippen MR) is 41.4 cm³/mol. The monoisotopic (exact) mass is 156 g/mol. The summed E-state index contributed by atoms with van der Waals surface area (Å²) in [5, 5.41) is 0. The molecular weight excluding hydrogens is 148 g/mol. The van der Waals surface area contributed by atoms with E-state index in [4.69, 9.17) is 11.1 Å². The summed E-state index contributed by atoms with van der Waals surface area (Å²) >= 11 is 5.85. The number of rotatable bonds is 0. The lowest BCUT2D eigenvalue weighted by Crippen LogP contribution is -2.29. The van der Waals surface area contributed by atoms with Gasteiger partial charge in [0.15, 0.2) is 0 Å². The van der Waals surface area contributed by atoms with E-state index in [2.05, 4.69) is 0 Å². The number of hydrogen-bond acceptors (Lipinski definition) is 0. The van der Waals surface area contributed by atoms with E-state index in [-0.39, 0.29) is 0 Å². The van der Waals surface area contributed by atoms with E-state index >= 15 is 0 Å². The fourth-order valence-corrected chi connectivity index (χ4v) is 0. The van der Waals surface area contributed by atoms with Crippen LogP contribution in [-0.4, -0.2) is 35.2 Å². The van der Waals surface area contributed by atoms with E-state index < -0.39 is 5.94 Å². The van der Waals surface area contributed by atoms with Crippen LogP contribution in [0.3, 0.4) is 0 Å². The molecule has 0 aliphatic carbocycles. The zero-order valence-corrected chi connectivity index (χ0v) is 11.6. The molecule has 0 unspecified atom stereocenters. The molecule has 0 atom stereocenters. The highest BCUT2D eigenvalue weighted by atomic mass is 35.6. The van der Waals surface area contributed by atoms with Gasteiger partial charge in [0.25, 0.3) is 0 Å². The number of hydrogen-bond donors (Lipinski definition) is 0. The quantitative estimate of drug-likeness (QED) is 0.256. The average molecular weight is 157 g/mol. The largest absolute Gasteiger partial charge is 0.180 e. The van der Waals surface area contributed by atoms with Crippen LogP contribution in [0.15, 0.2) is 0 Å². The Labute approximate surface area is 46.6 Å². The molecule has 0 aromatic heterocycles. The Hall–Kier alpha value is 1.16. The van der Waals surface area contributed by atoms with Gasteiger partial charge in [-0.3, -0.25) is 0 Å². The summed E-state index contributed by atoms with van der Waals surface area (Å²) in [4.78, 5) is 0. The maximum atomic E-state index is 5.85. The Balaban J connectivity index is 3.02. The molecule has 0 N–H and O–H groups in total. The lowest BCUT2D eigenvalue weighted by Gasteiger charge is -1.97. The Bertz CT molecular complexity index is 19.1. The SMILES string of the molecule is [SiH3][Si]([SiH3])([SiH3])Cl. The van der Waals surface area contributed by atoms with Crippen molar-refractivity contribution < 1.29 is 0 Å². The Morgan fingerprint density at radius 1 is 1.20 bits per heavy atom. The van der Waals surface area contributed by atoms with Crippen molar-refractivity contribution in [2.24, 2.45) is 0 Å². The van der Waals surface area contributed by atoms with Crippen LogP contribution in [0.4, 0.5) is 0 Å². The van der Waals surface area contributed by atoms with E-state index in [9.17, 15) is 0 Å². The van der Waals surface area contributed by atoms with Gasteiger partial charge in [0.2, 0.25) is 0 Å². The van der Waals surface area contributed by atoms with Crippen molar-refractivity contribution in [1.82, 2.24) is 0 Å². The van der Waals surface area contributed by atoms with Crippen LogP contribution in [0.2, 0.25) is 0 Å². The average Bonchev–Trinajstić information content (AvgIpc) is 0.722. The van der Waals surface area contributed by atoms with Crippen LogP contribution >= 0.6 is 11.1 Å². The molecule has 0 fully saturated rings. The summed E-state index contributed by atoms with van der Waals surface area (Å²) in [6.07, 6.45) is 0. The van der Waals surface area contributed by atoms with Gasteiger partial charge >= 0.3 is 0 Å². The van der Waals surface area contributed by atoms with Crippen molar-refractivity contribution in [3.05, 3.63) is 0 Å². The maximum Gasteiger partial charge on any atom is 0.0995 e. The van der Waals surface area contributed by atoms with Crippen LogP contribution in [-0.2, 0) is 0 Å². The summed E-state index contributed by atoms with van der Waals surface area (Å²) in [5.74, 6) is -0.722. The first-order valence-electron chi connectivity index (χ1n) is 1.69. The van der Waals surface area contributed by atoms with Crippen LogP contribution in [0, 0.1) is 0 Å². The zero-order chi connectivity index (χ0) is 4.50. The third-order valence-electron chi connectivity index (χ3n) is 0. The Morgan fingerprint density at radius 3 is 1.20 bits per heavy atom. The van der Waals surface area contributed by atoms with E-state index in [1.165, 1.54) is 29.3 Å². The molecule has 0 nitrogen and oxygen atoms in total. The van der Waals surface area contributed by atoms with Crippen LogP contribution in [0.1, 0.15) is 0 Å². The van der Waals surface area contributed by atoms with Crippen molar-refractivity contribution in [3.63, 3.8) is 0 Å². The second kappa shape index (κ2) is 1.74. The molecule has 5 heavy (non-hydrogen) atoms. The molecule has 0 spiro atoms. The highest BCUT2D eigenvalue weighted by molar-refractivity contribution is 7.77. The summed E-state index contributed by atoms with van der Waals surface area (Å²) in [7, 11) is 4.01. The normalized spacial score (nSPS) is 23.4. The molecule has 0 aliphatic rings. The van der Waals surface area contributed by atoms with Crippen LogP contribution in [0.25, 0.3) is 0 Å². The van der Waals surface area contributed by atoms with E-state index in [0.29, 0.717) is 0 Å². The van der Waals surface area contributed by atoms with Gasteiger partial charge in [-0.2, -0.15) is 11.1 Å². The molecule has 32 valence electrons. The molecule has 0 aromatic rings. The molecule has 0 saturated carbocycles. The second-order valence-electron chi connectivity index (χ2n) is 2.07.